The Morgan fingerprint density at radius 1 is 1.11 bits per heavy atom. The summed E-state index contributed by atoms with van der Waals surface area (Å²) in [7, 11) is 0. The van der Waals surface area contributed by atoms with E-state index in [0.29, 0.717) is 0 Å². The van der Waals surface area contributed by atoms with Crippen molar-refractivity contribution >= 4 is 43.0 Å². The molecule has 0 atom stereocenters. The van der Waals surface area contributed by atoms with Gasteiger partial charge in [0.25, 0.3) is 0 Å². The highest BCUT2D eigenvalue weighted by Gasteiger charge is 2.05. The molecule has 0 saturated carbocycles. The quantitative estimate of drug-likeness (QED) is 0.660. The average Bonchev–Trinajstić information content (AvgIpc) is 2.84. The van der Waals surface area contributed by atoms with Crippen LogP contribution in [0.15, 0.2) is 52.3 Å². The van der Waals surface area contributed by atoms with Crippen molar-refractivity contribution in [2.45, 2.75) is 13.5 Å². The van der Waals surface area contributed by atoms with Crippen LogP contribution in [0.4, 0.5) is 5.69 Å². The summed E-state index contributed by atoms with van der Waals surface area (Å²) in [5.41, 5.74) is 3.80. The van der Waals surface area contributed by atoms with Gasteiger partial charge in [-0.1, -0.05) is 40.2 Å². The Balaban J connectivity index is 1.84. The number of anilines is 1. The largest absolute Gasteiger partial charge is 0.381 e. The molecule has 3 rings (SSSR count). The highest BCUT2D eigenvalue weighted by Crippen LogP contribution is 2.28. The normalized spacial score (nSPS) is 10.8. The monoisotopic (exact) mass is 331 g/mol. The van der Waals surface area contributed by atoms with E-state index in [1.54, 1.807) is 0 Å². The first-order chi connectivity index (χ1) is 9.25. The molecule has 0 fully saturated rings. The molecule has 1 heterocycles. The number of benzene rings is 2. The number of fused-ring (bicyclic) bond motifs is 1. The highest BCUT2D eigenvalue weighted by atomic mass is 79.9. The third-order valence-electron chi connectivity index (χ3n) is 3.30. The minimum absolute atomic E-state index is 0.862. The number of hydrogen-bond donors (Lipinski definition) is 1. The van der Waals surface area contributed by atoms with Gasteiger partial charge in [-0.3, -0.25) is 0 Å². The molecule has 1 nitrogen and oxygen atoms in total. The summed E-state index contributed by atoms with van der Waals surface area (Å²) >= 11 is 5.37. The van der Waals surface area contributed by atoms with Gasteiger partial charge in [0.15, 0.2) is 0 Å². The molecule has 0 amide bonds. The van der Waals surface area contributed by atoms with E-state index in [0.717, 1.165) is 11.0 Å². The van der Waals surface area contributed by atoms with Gasteiger partial charge in [0, 0.05) is 21.4 Å². The summed E-state index contributed by atoms with van der Waals surface area (Å²) < 4.78 is 2.50. The maximum Gasteiger partial charge on any atom is 0.0415 e. The molecule has 0 radical (unpaired) electrons. The van der Waals surface area contributed by atoms with Crippen LogP contribution >= 0.6 is 27.3 Å². The average molecular weight is 332 g/mol. The summed E-state index contributed by atoms with van der Waals surface area (Å²) in [4.78, 5) is 0. The van der Waals surface area contributed by atoms with Gasteiger partial charge in [0.2, 0.25) is 0 Å². The fraction of sp³-hybridized carbons (Fsp3) is 0.125. The van der Waals surface area contributed by atoms with Gasteiger partial charge in [-0.05, 0) is 47.0 Å². The molecular formula is C16H14BrNS. The molecule has 0 saturated heterocycles. The second kappa shape index (κ2) is 5.35. The van der Waals surface area contributed by atoms with E-state index < -0.39 is 0 Å². The molecule has 2 aromatic carbocycles. The van der Waals surface area contributed by atoms with Crippen LogP contribution in [0.2, 0.25) is 0 Å². The molecule has 1 N–H and O–H groups in total. The van der Waals surface area contributed by atoms with Gasteiger partial charge in [-0.2, -0.15) is 0 Å². The van der Waals surface area contributed by atoms with Crippen molar-refractivity contribution in [3.8, 4) is 0 Å². The van der Waals surface area contributed by atoms with Crippen LogP contribution in [0.1, 0.15) is 11.1 Å². The van der Waals surface area contributed by atoms with Crippen molar-refractivity contribution in [3.63, 3.8) is 0 Å². The maximum absolute atomic E-state index is 3.57. The lowest BCUT2D eigenvalue weighted by molar-refractivity contribution is 1.16. The Kier molecular flexibility index (Phi) is 3.58. The summed E-state index contributed by atoms with van der Waals surface area (Å²) in [6.07, 6.45) is 0. The summed E-state index contributed by atoms with van der Waals surface area (Å²) in [5.74, 6) is 0. The third-order valence-corrected chi connectivity index (χ3v) is 5.17. The number of nitrogens with one attached hydrogen (secondary N) is 1. The molecule has 0 aliphatic carbocycles. The second-order valence-electron chi connectivity index (χ2n) is 4.52. The molecule has 3 heteroatoms. The lowest BCUT2D eigenvalue weighted by Gasteiger charge is -2.10. The fourth-order valence-electron chi connectivity index (χ4n) is 2.16. The topological polar surface area (TPSA) is 12.0 Å². The standard InChI is InChI=1S/C16H14BrNS/c1-11-14(17)6-4-7-15(11)18-9-12-10-19-16-8-3-2-5-13(12)16/h2-8,10,18H,9H2,1H3. The maximum atomic E-state index is 3.57. The number of rotatable bonds is 3. The molecule has 1 aromatic heterocycles. The zero-order valence-corrected chi connectivity index (χ0v) is 13.0. The van der Waals surface area contributed by atoms with Crippen molar-refractivity contribution < 1.29 is 0 Å². The van der Waals surface area contributed by atoms with Crippen LogP contribution in [-0.2, 0) is 6.54 Å². The first kappa shape index (κ1) is 12.7. The van der Waals surface area contributed by atoms with Crippen LogP contribution in [0.3, 0.4) is 0 Å². The van der Waals surface area contributed by atoms with E-state index in [2.05, 4.69) is 76.0 Å². The van der Waals surface area contributed by atoms with Gasteiger partial charge in [-0.15, -0.1) is 11.3 Å². The van der Waals surface area contributed by atoms with Crippen LogP contribution in [-0.4, -0.2) is 0 Å². The van der Waals surface area contributed by atoms with Gasteiger partial charge < -0.3 is 5.32 Å². The van der Waals surface area contributed by atoms with Crippen molar-refractivity contribution in [2.24, 2.45) is 0 Å². The second-order valence-corrected chi connectivity index (χ2v) is 6.29. The van der Waals surface area contributed by atoms with Crippen LogP contribution in [0.25, 0.3) is 10.1 Å². The van der Waals surface area contributed by atoms with Gasteiger partial charge in [0.05, 0.1) is 0 Å². The number of halogens is 1. The van der Waals surface area contributed by atoms with Gasteiger partial charge in [-0.25, -0.2) is 0 Å². The molecule has 19 heavy (non-hydrogen) atoms. The third kappa shape index (κ3) is 2.53. The molecule has 0 aliphatic rings. The Bertz CT molecular complexity index is 718. The predicted octanol–water partition coefficient (Wildman–Crippen LogP) is 5.58. The van der Waals surface area contributed by atoms with E-state index >= 15 is 0 Å². The zero-order valence-electron chi connectivity index (χ0n) is 10.6. The Labute approximate surface area is 125 Å². The van der Waals surface area contributed by atoms with Crippen molar-refractivity contribution in [1.29, 1.82) is 0 Å². The lowest BCUT2D eigenvalue weighted by Crippen LogP contribution is -2.00. The van der Waals surface area contributed by atoms with E-state index in [1.807, 2.05) is 11.3 Å². The minimum atomic E-state index is 0.862. The SMILES string of the molecule is Cc1c(Br)cccc1NCc1csc2ccccc12. The van der Waals surface area contributed by atoms with Crippen molar-refractivity contribution in [2.75, 3.05) is 5.32 Å². The molecule has 0 unspecified atom stereocenters. The number of hydrogen-bond acceptors (Lipinski definition) is 2. The van der Waals surface area contributed by atoms with E-state index in [9.17, 15) is 0 Å². The molecule has 0 bridgehead atoms. The van der Waals surface area contributed by atoms with E-state index in [1.165, 1.54) is 26.9 Å². The Morgan fingerprint density at radius 3 is 2.84 bits per heavy atom. The van der Waals surface area contributed by atoms with Crippen LogP contribution in [0.5, 0.6) is 0 Å². The smallest absolute Gasteiger partial charge is 0.0415 e. The summed E-state index contributed by atoms with van der Waals surface area (Å²) in [6, 6.07) is 14.8. The van der Waals surface area contributed by atoms with Crippen molar-refractivity contribution in [3.05, 3.63) is 63.4 Å². The minimum Gasteiger partial charge on any atom is -0.381 e. The molecule has 0 spiro atoms. The van der Waals surface area contributed by atoms with Crippen LogP contribution in [0, 0.1) is 6.92 Å². The molecular weight excluding hydrogens is 318 g/mol. The molecule has 3 aromatic rings. The molecule has 96 valence electrons. The van der Waals surface area contributed by atoms with Gasteiger partial charge in [0.1, 0.15) is 0 Å². The number of thiophene rings is 1. The van der Waals surface area contributed by atoms with Crippen molar-refractivity contribution in [1.82, 2.24) is 0 Å². The highest BCUT2D eigenvalue weighted by molar-refractivity contribution is 9.10. The fourth-order valence-corrected chi connectivity index (χ4v) is 3.49. The predicted molar refractivity (Wildman–Crippen MR) is 88.0 cm³/mol. The van der Waals surface area contributed by atoms with Gasteiger partial charge >= 0.3 is 0 Å². The molecule has 0 aliphatic heterocycles. The van der Waals surface area contributed by atoms with E-state index in [-0.39, 0.29) is 0 Å². The first-order valence-electron chi connectivity index (χ1n) is 6.20. The first-order valence-corrected chi connectivity index (χ1v) is 7.87. The Hall–Kier alpha value is -1.32. The summed E-state index contributed by atoms with van der Waals surface area (Å²) in [6.45, 7) is 2.99. The zero-order chi connectivity index (χ0) is 13.2. The lowest BCUT2D eigenvalue weighted by atomic mass is 10.1. The summed E-state index contributed by atoms with van der Waals surface area (Å²) in [5, 5.41) is 7.12. The Morgan fingerprint density at radius 2 is 1.95 bits per heavy atom. The van der Waals surface area contributed by atoms with E-state index in [4.69, 9.17) is 0 Å². The van der Waals surface area contributed by atoms with Crippen LogP contribution < -0.4 is 5.32 Å².